The van der Waals surface area contributed by atoms with Crippen molar-refractivity contribution in [2.75, 3.05) is 5.32 Å². The highest BCUT2D eigenvalue weighted by Crippen LogP contribution is 2.18. The van der Waals surface area contributed by atoms with Gasteiger partial charge in [0.05, 0.1) is 0 Å². The average Bonchev–Trinajstić information content (AvgIpc) is 2.71. The maximum atomic E-state index is 5.34. The van der Waals surface area contributed by atoms with Crippen LogP contribution in [-0.2, 0) is 0 Å². The highest BCUT2D eigenvalue weighted by molar-refractivity contribution is 7.80. The van der Waals surface area contributed by atoms with Gasteiger partial charge in [-0.2, -0.15) is 0 Å². The van der Waals surface area contributed by atoms with E-state index in [-0.39, 0.29) is 5.11 Å². The van der Waals surface area contributed by atoms with E-state index in [1.807, 2.05) is 24.3 Å². The van der Waals surface area contributed by atoms with Crippen molar-refractivity contribution >= 4 is 23.0 Å². The summed E-state index contributed by atoms with van der Waals surface area (Å²) in [6, 6.07) is 7.35. The number of hydrogen-bond acceptors (Lipinski definition) is 4. The van der Waals surface area contributed by atoms with Crippen molar-refractivity contribution in [1.82, 2.24) is 10.2 Å². The van der Waals surface area contributed by atoms with Crippen molar-refractivity contribution < 1.29 is 4.42 Å². The Hall–Kier alpha value is -1.95. The molecule has 0 saturated heterocycles. The summed E-state index contributed by atoms with van der Waals surface area (Å²) in [6.45, 7) is 0. The van der Waals surface area contributed by atoms with Crippen LogP contribution in [0.5, 0.6) is 0 Å². The molecule has 2 rings (SSSR count). The van der Waals surface area contributed by atoms with Crippen molar-refractivity contribution in [1.29, 1.82) is 0 Å². The molecule has 0 spiro atoms. The zero-order valence-corrected chi connectivity index (χ0v) is 8.49. The van der Waals surface area contributed by atoms with E-state index in [2.05, 4.69) is 15.5 Å². The number of rotatable bonds is 2. The monoisotopic (exact) mass is 220 g/mol. The number of nitrogens with two attached hydrogens (primary N) is 1. The van der Waals surface area contributed by atoms with Crippen LogP contribution in [0.25, 0.3) is 11.5 Å². The lowest BCUT2D eigenvalue weighted by atomic mass is 10.2. The maximum Gasteiger partial charge on any atom is 0.247 e. The summed E-state index contributed by atoms with van der Waals surface area (Å²) < 4.78 is 5.05. The molecule has 0 saturated carbocycles. The fourth-order valence-electron chi connectivity index (χ4n) is 1.14. The molecule has 0 unspecified atom stereocenters. The Morgan fingerprint density at radius 1 is 1.33 bits per heavy atom. The Morgan fingerprint density at radius 3 is 2.60 bits per heavy atom. The number of hydrogen-bond donors (Lipinski definition) is 2. The maximum absolute atomic E-state index is 5.34. The summed E-state index contributed by atoms with van der Waals surface area (Å²) in [4.78, 5) is 0. The highest BCUT2D eigenvalue weighted by Gasteiger charge is 2.02. The molecule has 76 valence electrons. The molecule has 5 nitrogen and oxygen atoms in total. The van der Waals surface area contributed by atoms with Crippen LogP contribution in [0.15, 0.2) is 35.1 Å². The van der Waals surface area contributed by atoms with E-state index in [4.69, 9.17) is 22.4 Å². The molecule has 15 heavy (non-hydrogen) atoms. The van der Waals surface area contributed by atoms with Crippen LogP contribution in [0.3, 0.4) is 0 Å². The van der Waals surface area contributed by atoms with E-state index in [1.54, 1.807) is 0 Å². The van der Waals surface area contributed by atoms with Crippen molar-refractivity contribution in [3.63, 3.8) is 0 Å². The summed E-state index contributed by atoms with van der Waals surface area (Å²) >= 11 is 4.72. The molecule has 0 fully saturated rings. The molecule has 0 aliphatic carbocycles. The van der Waals surface area contributed by atoms with Crippen LogP contribution < -0.4 is 11.1 Å². The van der Waals surface area contributed by atoms with Gasteiger partial charge in [0.15, 0.2) is 5.11 Å². The van der Waals surface area contributed by atoms with Gasteiger partial charge in [-0.3, -0.25) is 0 Å². The fourth-order valence-corrected chi connectivity index (χ4v) is 1.26. The van der Waals surface area contributed by atoms with Gasteiger partial charge >= 0.3 is 0 Å². The van der Waals surface area contributed by atoms with Crippen LogP contribution in [0.2, 0.25) is 0 Å². The summed E-state index contributed by atoms with van der Waals surface area (Å²) in [6.07, 6.45) is 1.29. The van der Waals surface area contributed by atoms with Crippen molar-refractivity contribution in [2.45, 2.75) is 0 Å². The second-order valence-electron chi connectivity index (χ2n) is 2.81. The predicted octanol–water partition coefficient (Wildman–Crippen LogP) is 1.39. The lowest BCUT2D eigenvalue weighted by molar-refractivity contribution is 0.568. The molecule has 1 aromatic heterocycles. The van der Waals surface area contributed by atoms with Gasteiger partial charge in [0.1, 0.15) is 0 Å². The standard InChI is InChI=1S/C9H8N4OS/c10-9(15)12-7-3-1-6(2-4-7)8-13-11-5-14-8/h1-5H,(H3,10,12,15). The molecular formula is C9H8N4OS. The third kappa shape index (κ3) is 2.29. The van der Waals surface area contributed by atoms with Gasteiger partial charge in [-0.15, -0.1) is 10.2 Å². The number of benzene rings is 1. The minimum absolute atomic E-state index is 0.237. The zero-order chi connectivity index (χ0) is 10.7. The van der Waals surface area contributed by atoms with E-state index in [9.17, 15) is 0 Å². The van der Waals surface area contributed by atoms with E-state index in [0.29, 0.717) is 5.89 Å². The number of aromatic nitrogens is 2. The molecule has 0 amide bonds. The summed E-state index contributed by atoms with van der Waals surface area (Å²) in [7, 11) is 0. The Morgan fingerprint density at radius 2 is 2.07 bits per heavy atom. The summed E-state index contributed by atoms with van der Waals surface area (Å²) in [5.74, 6) is 0.483. The fraction of sp³-hybridized carbons (Fsp3) is 0. The minimum atomic E-state index is 0.237. The Kier molecular flexibility index (Phi) is 2.59. The van der Waals surface area contributed by atoms with E-state index >= 15 is 0 Å². The topological polar surface area (TPSA) is 77.0 Å². The van der Waals surface area contributed by atoms with Crippen LogP contribution >= 0.6 is 12.2 Å². The largest absolute Gasteiger partial charge is 0.423 e. The minimum Gasteiger partial charge on any atom is -0.423 e. The Labute approximate surface area is 91.3 Å². The third-order valence-corrected chi connectivity index (χ3v) is 1.86. The van der Waals surface area contributed by atoms with Gasteiger partial charge in [0.25, 0.3) is 0 Å². The molecular weight excluding hydrogens is 212 g/mol. The summed E-state index contributed by atoms with van der Waals surface area (Å²) in [5.41, 5.74) is 7.01. The van der Waals surface area contributed by atoms with E-state index in [1.165, 1.54) is 6.39 Å². The van der Waals surface area contributed by atoms with Crippen LogP contribution in [0.1, 0.15) is 0 Å². The highest BCUT2D eigenvalue weighted by atomic mass is 32.1. The Balaban J connectivity index is 2.21. The molecule has 0 atom stereocenters. The van der Waals surface area contributed by atoms with Crippen LogP contribution in [-0.4, -0.2) is 15.3 Å². The molecule has 0 aliphatic rings. The van der Waals surface area contributed by atoms with Crippen LogP contribution in [0.4, 0.5) is 5.69 Å². The number of nitrogens with one attached hydrogen (secondary N) is 1. The predicted molar refractivity (Wildman–Crippen MR) is 60.1 cm³/mol. The number of anilines is 1. The molecule has 2 aromatic rings. The lowest BCUT2D eigenvalue weighted by Gasteiger charge is -2.03. The first-order valence-corrected chi connectivity index (χ1v) is 4.59. The lowest BCUT2D eigenvalue weighted by Crippen LogP contribution is -2.18. The first-order chi connectivity index (χ1) is 7.25. The first kappa shape index (κ1) is 9.60. The number of thiocarbonyl (C=S) groups is 1. The summed E-state index contributed by atoms with van der Waals surface area (Å²) in [5, 5.41) is 10.4. The SMILES string of the molecule is NC(=S)Nc1ccc(-c2nnco2)cc1. The second-order valence-corrected chi connectivity index (χ2v) is 3.25. The molecule has 0 aliphatic heterocycles. The van der Waals surface area contributed by atoms with E-state index < -0.39 is 0 Å². The van der Waals surface area contributed by atoms with Gasteiger partial charge in [0.2, 0.25) is 12.3 Å². The Bertz CT molecular complexity index is 451. The second kappa shape index (κ2) is 4.05. The van der Waals surface area contributed by atoms with Gasteiger partial charge in [-0.1, -0.05) is 0 Å². The van der Waals surface area contributed by atoms with E-state index in [0.717, 1.165) is 11.3 Å². The zero-order valence-electron chi connectivity index (χ0n) is 7.68. The van der Waals surface area contributed by atoms with Crippen LogP contribution in [0, 0.1) is 0 Å². The van der Waals surface area contributed by atoms with Gasteiger partial charge in [-0.05, 0) is 36.5 Å². The average molecular weight is 220 g/mol. The van der Waals surface area contributed by atoms with Gasteiger partial charge < -0.3 is 15.5 Å². The quantitative estimate of drug-likeness (QED) is 0.745. The third-order valence-electron chi connectivity index (χ3n) is 1.76. The van der Waals surface area contributed by atoms with Crippen molar-refractivity contribution in [2.24, 2.45) is 5.73 Å². The van der Waals surface area contributed by atoms with Gasteiger partial charge in [-0.25, -0.2) is 0 Å². The number of nitrogens with zero attached hydrogens (tertiary/aromatic N) is 2. The van der Waals surface area contributed by atoms with Crippen molar-refractivity contribution in [3.05, 3.63) is 30.7 Å². The molecule has 3 N–H and O–H groups in total. The smallest absolute Gasteiger partial charge is 0.247 e. The molecule has 1 heterocycles. The first-order valence-electron chi connectivity index (χ1n) is 4.19. The molecule has 0 bridgehead atoms. The van der Waals surface area contributed by atoms with Gasteiger partial charge in [0, 0.05) is 11.3 Å². The molecule has 0 radical (unpaired) electrons. The van der Waals surface area contributed by atoms with Crippen molar-refractivity contribution in [3.8, 4) is 11.5 Å². The molecule has 1 aromatic carbocycles. The normalized spacial score (nSPS) is 9.87. The molecule has 6 heteroatoms.